The van der Waals surface area contributed by atoms with E-state index in [1.165, 1.54) is 10.9 Å². The first kappa shape index (κ1) is 18.8. The van der Waals surface area contributed by atoms with Crippen LogP contribution in [-0.2, 0) is 13.0 Å². The third-order valence-corrected chi connectivity index (χ3v) is 6.04. The lowest BCUT2D eigenvalue weighted by Crippen LogP contribution is -2.22. The number of halogens is 1. The first-order chi connectivity index (χ1) is 15.7. The van der Waals surface area contributed by atoms with E-state index < -0.39 is 0 Å². The molecule has 1 N–H and O–H groups in total. The second kappa shape index (κ2) is 7.32. The van der Waals surface area contributed by atoms with Crippen molar-refractivity contribution < 1.29 is 0 Å². The van der Waals surface area contributed by atoms with Crippen molar-refractivity contribution in [2.24, 2.45) is 0 Å². The first-order valence-corrected chi connectivity index (χ1v) is 10.6. The number of aromatic amines is 1. The SMILES string of the molecule is O=c1c2nnc3c(-c4ccc(Cl)cc4)cnn3c2ccn1CCc1c[nH]c2ccccc12. The number of benzene rings is 2. The smallest absolute Gasteiger partial charge is 0.280 e. The highest BCUT2D eigenvalue weighted by Gasteiger charge is 2.14. The van der Waals surface area contributed by atoms with E-state index in [1.54, 1.807) is 21.5 Å². The van der Waals surface area contributed by atoms with Crippen LogP contribution in [-0.4, -0.2) is 29.4 Å². The molecule has 7 nitrogen and oxygen atoms in total. The molecular weight excluding hydrogens is 424 g/mol. The lowest BCUT2D eigenvalue weighted by Gasteiger charge is -2.07. The zero-order chi connectivity index (χ0) is 21.7. The highest BCUT2D eigenvalue weighted by Crippen LogP contribution is 2.25. The van der Waals surface area contributed by atoms with Crippen molar-refractivity contribution in [2.75, 3.05) is 0 Å². The standard InChI is InChI=1S/C24H17ClN6O/c25-17-7-5-15(6-8-17)19-14-27-31-21-10-12-30(24(32)22(21)28-29-23(19)31)11-9-16-13-26-20-4-2-1-3-18(16)20/h1-8,10,12-14,26H,9,11H2. The topological polar surface area (TPSA) is 80.9 Å². The summed E-state index contributed by atoms with van der Waals surface area (Å²) < 4.78 is 3.34. The van der Waals surface area contributed by atoms with Gasteiger partial charge in [0, 0.05) is 40.4 Å². The molecule has 6 rings (SSSR count). The Kier molecular flexibility index (Phi) is 4.29. The average molecular weight is 441 g/mol. The number of rotatable bonds is 4. The summed E-state index contributed by atoms with van der Waals surface area (Å²) in [6.07, 6.45) is 6.26. The van der Waals surface area contributed by atoms with Crippen LogP contribution in [0.15, 0.2) is 78.0 Å². The van der Waals surface area contributed by atoms with E-state index in [2.05, 4.69) is 26.3 Å². The lowest BCUT2D eigenvalue weighted by atomic mass is 10.1. The number of aromatic nitrogens is 6. The largest absolute Gasteiger partial charge is 0.361 e. The molecule has 0 radical (unpaired) electrons. The molecule has 32 heavy (non-hydrogen) atoms. The molecule has 4 aromatic heterocycles. The van der Waals surface area contributed by atoms with Gasteiger partial charge in [-0.15, -0.1) is 10.2 Å². The molecule has 0 unspecified atom stereocenters. The fraction of sp³-hybridized carbons (Fsp3) is 0.0833. The van der Waals surface area contributed by atoms with Crippen molar-refractivity contribution in [1.82, 2.24) is 29.4 Å². The van der Waals surface area contributed by atoms with Gasteiger partial charge in [0.1, 0.15) is 5.52 Å². The van der Waals surface area contributed by atoms with Crippen LogP contribution in [0.2, 0.25) is 5.02 Å². The van der Waals surface area contributed by atoms with Gasteiger partial charge in [0.25, 0.3) is 5.56 Å². The number of aryl methyl sites for hydroxylation is 2. The van der Waals surface area contributed by atoms with Gasteiger partial charge in [0.2, 0.25) is 0 Å². The van der Waals surface area contributed by atoms with Crippen molar-refractivity contribution in [3.63, 3.8) is 0 Å². The van der Waals surface area contributed by atoms with Crippen molar-refractivity contribution >= 4 is 39.2 Å². The third kappa shape index (κ3) is 2.98. The molecule has 0 aliphatic carbocycles. The van der Waals surface area contributed by atoms with E-state index in [4.69, 9.17) is 11.6 Å². The van der Waals surface area contributed by atoms with Crippen molar-refractivity contribution in [2.45, 2.75) is 13.0 Å². The number of hydrogen-bond acceptors (Lipinski definition) is 4. The fourth-order valence-electron chi connectivity index (χ4n) is 4.12. The summed E-state index contributed by atoms with van der Waals surface area (Å²) in [4.78, 5) is 16.4. The van der Waals surface area contributed by atoms with Crippen LogP contribution in [0.4, 0.5) is 0 Å². The van der Waals surface area contributed by atoms with Crippen LogP contribution in [0.5, 0.6) is 0 Å². The van der Waals surface area contributed by atoms with Gasteiger partial charge in [0.15, 0.2) is 11.2 Å². The monoisotopic (exact) mass is 440 g/mol. The van der Waals surface area contributed by atoms with Crippen molar-refractivity contribution in [3.8, 4) is 11.1 Å². The second-order valence-electron chi connectivity index (χ2n) is 7.66. The highest BCUT2D eigenvalue weighted by molar-refractivity contribution is 6.30. The molecule has 0 saturated carbocycles. The summed E-state index contributed by atoms with van der Waals surface area (Å²) >= 11 is 6.00. The molecule has 0 aliphatic rings. The Morgan fingerprint density at radius 2 is 1.84 bits per heavy atom. The Hall–Kier alpha value is -3.97. The summed E-state index contributed by atoms with van der Waals surface area (Å²) in [5, 5.41) is 14.9. The minimum Gasteiger partial charge on any atom is -0.361 e. The molecule has 8 heteroatoms. The maximum absolute atomic E-state index is 13.1. The summed E-state index contributed by atoms with van der Waals surface area (Å²) in [7, 11) is 0. The predicted molar refractivity (Wildman–Crippen MR) is 125 cm³/mol. The summed E-state index contributed by atoms with van der Waals surface area (Å²) in [5.74, 6) is 0. The molecular formula is C24H17ClN6O. The number of fused-ring (bicyclic) bond motifs is 4. The summed E-state index contributed by atoms with van der Waals surface area (Å²) in [5.41, 5.74) is 5.37. The van der Waals surface area contributed by atoms with Gasteiger partial charge in [-0.3, -0.25) is 4.79 Å². The quantitative estimate of drug-likeness (QED) is 0.438. The van der Waals surface area contributed by atoms with Crippen LogP contribution in [0, 0.1) is 0 Å². The van der Waals surface area contributed by atoms with Crippen molar-refractivity contribution in [1.29, 1.82) is 0 Å². The van der Waals surface area contributed by atoms with Crippen LogP contribution in [0.1, 0.15) is 5.56 Å². The number of para-hydroxylation sites is 1. The highest BCUT2D eigenvalue weighted by atomic mass is 35.5. The molecule has 2 aromatic carbocycles. The Balaban J connectivity index is 1.37. The number of nitrogens with one attached hydrogen (secondary N) is 1. The van der Waals surface area contributed by atoms with Gasteiger partial charge in [0.05, 0.1) is 6.20 Å². The molecule has 0 fully saturated rings. The summed E-state index contributed by atoms with van der Waals surface area (Å²) in [6.45, 7) is 0.547. The molecule has 0 aliphatic heterocycles. The molecule has 0 spiro atoms. The van der Waals surface area contributed by atoms with Gasteiger partial charge in [-0.2, -0.15) is 5.10 Å². The minimum atomic E-state index is -0.180. The maximum Gasteiger partial charge on any atom is 0.280 e. The van der Waals surface area contributed by atoms with E-state index in [0.717, 1.165) is 23.1 Å². The van der Waals surface area contributed by atoms with E-state index in [-0.39, 0.29) is 5.56 Å². The molecule has 0 amide bonds. The Morgan fingerprint density at radius 1 is 1.00 bits per heavy atom. The molecule has 0 bridgehead atoms. The lowest BCUT2D eigenvalue weighted by molar-refractivity contribution is 0.674. The summed E-state index contributed by atoms with van der Waals surface area (Å²) in [6, 6.07) is 17.5. The fourth-order valence-corrected chi connectivity index (χ4v) is 4.24. The van der Waals surface area contributed by atoms with Gasteiger partial charge < -0.3 is 9.55 Å². The van der Waals surface area contributed by atoms with Crippen molar-refractivity contribution in [3.05, 3.63) is 94.1 Å². The van der Waals surface area contributed by atoms with Crippen LogP contribution in [0.3, 0.4) is 0 Å². The number of hydrogen-bond donors (Lipinski definition) is 1. The predicted octanol–water partition coefficient (Wildman–Crippen LogP) is 4.48. The maximum atomic E-state index is 13.1. The number of pyridine rings is 1. The number of H-pyrrole nitrogens is 1. The van der Waals surface area contributed by atoms with Gasteiger partial charge in [-0.1, -0.05) is 41.9 Å². The molecule has 0 atom stereocenters. The zero-order valence-corrected chi connectivity index (χ0v) is 17.6. The zero-order valence-electron chi connectivity index (χ0n) is 16.9. The van der Waals surface area contributed by atoms with E-state index in [9.17, 15) is 4.79 Å². The third-order valence-electron chi connectivity index (χ3n) is 5.79. The molecule has 6 aromatic rings. The van der Waals surface area contributed by atoms with E-state index in [0.29, 0.717) is 28.2 Å². The van der Waals surface area contributed by atoms with Gasteiger partial charge >= 0.3 is 0 Å². The Bertz CT molecular complexity index is 1660. The van der Waals surface area contributed by atoms with Crippen LogP contribution in [0.25, 0.3) is 38.7 Å². The molecule has 156 valence electrons. The van der Waals surface area contributed by atoms with Crippen LogP contribution >= 0.6 is 11.6 Å². The Labute approximate surface area is 186 Å². The van der Waals surface area contributed by atoms with Gasteiger partial charge in [-0.25, -0.2) is 4.52 Å². The first-order valence-electron chi connectivity index (χ1n) is 10.2. The molecule has 4 heterocycles. The minimum absolute atomic E-state index is 0.180. The number of nitrogens with zero attached hydrogens (tertiary/aromatic N) is 5. The van der Waals surface area contributed by atoms with Crippen LogP contribution < -0.4 is 5.56 Å². The van der Waals surface area contributed by atoms with E-state index >= 15 is 0 Å². The van der Waals surface area contributed by atoms with E-state index in [1.807, 2.05) is 54.7 Å². The average Bonchev–Trinajstić information content (AvgIpc) is 3.44. The second-order valence-corrected chi connectivity index (χ2v) is 8.09. The normalized spacial score (nSPS) is 11.7. The van der Waals surface area contributed by atoms with Gasteiger partial charge in [-0.05, 0) is 41.8 Å². The Morgan fingerprint density at radius 3 is 2.72 bits per heavy atom. The molecule has 0 saturated heterocycles.